The largest absolute Gasteiger partial charge is 0.489 e. The van der Waals surface area contributed by atoms with Crippen LogP contribution in [0.2, 0.25) is 5.02 Å². The summed E-state index contributed by atoms with van der Waals surface area (Å²) in [6.45, 7) is 13.2. The maximum Gasteiger partial charge on any atom is 0.262 e. The Balaban J connectivity index is 1.17. The molecule has 0 spiro atoms. The molecule has 2 aliphatic rings. The summed E-state index contributed by atoms with van der Waals surface area (Å²) in [7, 11) is 0. The van der Waals surface area contributed by atoms with E-state index in [2.05, 4.69) is 49.6 Å². The summed E-state index contributed by atoms with van der Waals surface area (Å²) in [4.78, 5) is 40.2. The molecule has 11 nitrogen and oxygen atoms in total. The highest BCUT2D eigenvalue weighted by atomic mass is 35.5. The zero-order valence-electron chi connectivity index (χ0n) is 30.7. The van der Waals surface area contributed by atoms with E-state index in [9.17, 15) is 9.59 Å². The molecule has 3 N–H and O–H groups in total. The molecule has 1 aliphatic heterocycles. The number of halogens is 2. The number of piperazine rings is 1. The molecule has 1 aliphatic carbocycles. The number of nitrogens with one attached hydrogen (secondary N) is 3. The number of carbonyl (C=O) groups excluding carboxylic acids is 2. The van der Waals surface area contributed by atoms with Crippen LogP contribution in [0.15, 0.2) is 60.8 Å². The molecule has 3 aromatic carbocycles. The van der Waals surface area contributed by atoms with E-state index >= 15 is 4.39 Å². The third-order valence-electron chi connectivity index (χ3n) is 9.80. The quantitative estimate of drug-likeness (QED) is 0.126. The number of benzene rings is 3. The summed E-state index contributed by atoms with van der Waals surface area (Å²) in [6.07, 6.45) is 5.44. The van der Waals surface area contributed by atoms with E-state index in [4.69, 9.17) is 21.1 Å². The van der Waals surface area contributed by atoms with Crippen molar-refractivity contribution in [1.29, 1.82) is 0 Å². The van der Waals surface area contributed by atoms with E-state index in [0.717, 1.165) is 63.0 Å². The highest BCUT2D eigenvalue weighted by molar-refractivity contribution is 6.32. The standard InChI is InChI=1S/C40H47ClFN7O4/c1-25(2)49-18-16-48(17-19-49)20-21-52-35-15-13-30(23-33(35)42)45-40-43-24-31(38(51)46-36-26(3)8-7-9-27(36)4)39(47-40)53-34-14-12-28(22-32(34)41)37(50)44-29-10-5-6-11-29/h7-9,12-15,22-25,29H,5-6,10-11,16-21H2,1-4H3,(H,44,50)(H,46,51)(H,43,45,47). The molecule has 2 heterocycles. The molecule has 2 fully saturated rings. The Kier molecular flexibility index (Phi) is 12.4. The highest BCUT2D eigenvalue weighted by Gasteiger charge is 2.23. The molecule has 1 saturated carbocycles. The van der Waals surface area contributed by atoms with Crippen molar-refractivity contribution in [2.75, 3.05) is 50.0 Å². The molecule has 4 aromatic rings. The van der Waals surface area contributed by atoms with Gasteiger partial charge in [0.05, 0.1) is 5.02 Å². The lowest BCUT2D eigenvalue weighted by atomic mass is 10.1. The van der Waals surface area contributed by atoms with Gasteiger partial charge < -0.3 is 25.4 Å². The molecule has 280 valence electrons. The van der Waals surface area contributed by atoms with Crippen molar-refractivity contribution < 1.29 is 23.5 Å². The second-order valence-electron chi connectivity index (χ2n) is 13.9. The second-order valence-corrected chi connectivity index (χ2v) is 14.3. The number of ether oxygens (including phenoxy) is 2. The van der Waals surface area contributed by atoms with E-state index in [-0.39, 0.29) is 45.9 Å². The summed E-state index contributed by atoms with van der Waals surface area (Å²) in [5.41, 5.74) is 3.23. The van der Waals surface area contributed by atoms with Gasteiger partial charge in [0.2, 0.25) is 11.8 Å². The molecular weight excluding hydrogens is 697 g/mol. The van der Waals surface area contributed by atoms with Gasteiger partial charge >= 0.3 is 0 Å². The molecule has 0 radical (unpaired) electrons. The van der Waals surface area contributed by atoms with Crippen LogP contribution in [0.25, 0.3) is 0 Å². The van der Waals surface area contributed by atoms with Gasteiger partial charge in [0.1, 0.15) is 17.9 Å². The maximum atomic E-state index is 15.2. The zero-order valence-corrected chi connectivity index (χ0v) is 31.4. The summed E-state index contributed by atoms with van der Waals surface area (Å²) in [5.74, 6) is -0.950. The topological polar surface area (TPSA) is 121 Å². The predicted molar refractivity (Wildman–Crippen MR) is 205 cm³/mol. The smallest absolute Gasteiger partial charge is 0.262 e. The normalized spacial score (nSPS) is 15.4. The van der Waals surface area contributed by atoms with Crippen LogP contribution in [0.3, 0.4) is 0 Å². The first-order valence-electron chi connectivity index (χ1n) is 18.2. The van der Waals surface area contributed by atoms with Crippen LogP contribution in [0.1, 0.15) is 71.4 Å². The number of amides is 2. The third-order valence-corrected chi connectivity index (χ3v) is 10.1. The molecule has 53 heavy (non-hydrogen) atoms. The average Bonchev–Trinajstić information content (AvgIpc) is 3.65. The Morgan fingerprint density at radius 1 is 0.962 bits per heavy atom. The summed E-state index contributed by atoms with van der Waals surface area (Å²) >= 11 is 6.62. The molecular formula is C40H47ClFN7O4. The first kappa shape index (κ1) is 38.0. The van der Waals surface area contributed by atoms with E-state index < -0.39 is 11.7 Å². The molecule has 13 heteroatoms. The minimum atomic E-state index is -0.537. The van der Waals surface area contributed by atoms with Crippen LogP contribution in [0.5, 0.6) is 17.4 Å². The Bertz CT molecular complexity index is 1910. The lowest BCUT2D eigenvalue weighted by Crippen LogP contribution is -2.49. The lowest BCUT2D eigenvalue weighted by molar-refractivity contribution is 0.0937. The SMILES string of the molecule is Cc1cccc(C)c1NC(=O)c1cnc(Nc2ccc(OCCN3CCN(C(C)C)CC3)c(F)c2)nc1Oc1ccc(C(=O)NC2CCCC2)cc1Cl. The monoisotopic (exact) mass is 743 g/mol. The van der Waals surface area contributed by atoms with E-state index in [0.29, 0.717) is 36.1 Å². The third kappa shape index (κ3) is 9.81. The zero-order chi connectivity index (χ0) is 37.5. The van der Waals surface area contributed by atoms with Crippen molar-refractivity contribution in [3.05, 3.63) is 93.9 Å². The molecule has 2 amide bonds. The number of rotatable bonds is 13. The minimum Gasteiger partial charge on any atom is -0.489 e. The average molecular weight is 744 g/mol. The molecule has 0 atom stereocenters. The molecule has 1 saturated heterocycles. The van der Waals surface area contributed by atoms with E-state index in [1.807, 2.05) is 32.0 Å². The van der Waals surface area contributed by atoms with E-state index in [1.165, 1.54) is 18.3 Å². The minimum absolute atomic E-state index is 0.0397. The number of hydrogen-bond acceptors (Lipinski definition) is 9. The van der Waals surface area contributed by atoms with Crippen LogP contribution in [0, 0.1) is 19.7 Å². The van der Waals surface area contributed by atoms with Gasteiger partial charge in [-0.25, -0.2) is 9.37 Å². The van der Waals surface area contributed by atoms with Crippen molar-refractivity contribution in [1.82, 2.24) is 25.1 Å². The Labute approximate surface area is 315 Å². The van der Waals surface area contributed by atoms with Crippen molar-refractivity contribution in [3.63, 3.8) is 0 Å². The molecule has 0 bridgehead atoms. The first-order valence-corrected chi connectivity index (χ1v) is 18.6. The highest BCUT2D eigenvalue weighted by Crippen LogP contribution is 2.33. The summed E-state index contributed by atoms with van der Waals surface area (Å²) < 4.78 is 27.1. The summed E-state index contributed by atoms with van der Waals surface area (Å²) in [6, 6.07) is 15.6. The van der Waals surface area contributed by atoms with Gasteiger partial charge in [-0.3, -0.25) is 19.4 Å². The van der Waals surface area contributed by atoms with Gasteiger partial charge in [0, 0.05) is 74.0 Å². The summed E-state index contributed by atoms with van der Waals surface area (Å²) in [5, 5.41) is 9.16. The van der Waals surface area contributed by atoms with Crippen LogP contribution >= 0.6 is 11.6 Å². The number of aryl methyl sites for hydroxylation is 2. The Hall–Kier alpha value is -4.78. The second kappa shape index (κ2) is 17.4. The van der Waals surface area contributed by atoms with Crippen LogP contribution in [0.4, 0.5) is 21.7 Å². The van der Waals surface area contributed by atoms with Crippen molar-refractivity contribution in [2.45, 2.75) is 65.5 Å². The predicted octanol–water partition coefficient (Wildman–Crippen LogP) is 7.75. The van der Waals surface area contributed by atoms with Crippen LogP contribution in [-0.4, -0.2) is 83.0 Å². The lowest BCUT2D eigenvalue weighted by Gasteiger charge is -2.36. The number of para-hydroxylation sites is 1. The number of nitrogens with zero attached hydrogens (tertiary/aromatic N) is 4. The molecule has 6 rings (SSSR count). The van der Waals surface area contributed by atoms with Gasteiger partial charge in [-0.15, -0.1) is 0 Å². The van der Waals surface area contributed by atoms with Crippen LogP contribution in [-0.2, 0) is 0 Å². The number of anilines is 3. The fraction of sp³-hybridized carbons (Fsp3) is 0.400. The molecule has 1 aromatic heterocycles. The number of hydrogen-bond donors (Lipinski definition) is 3. The van der Waals surface area contributed by atoms with Crippen molar-refractivity contribution >= 4 is 40.7 Å². The fourth-order valence-corrected chi connectivity index (χ4v) is 6.85. The molecule has 0 unspecified atom stereocenters. The Morgan fingerprint density at radius 3 is 2.36 bits per heavy atom. The van der Waals surface area contributed by atoms with Crippen molar-refractivity contribution in [3.8, 4) is 17.4 Å². The van der Waals surface area contributed by atoms with Gasteiger partial charge in [-0.2, -0.15) is 4.98 Å². The Morgan fingerprint density at radius 2 is 1.68 bits per heavy atom. The van der Waals surface area contributed by atoms with E-state index in [1.54, 1.807) is 24.3 Å². The number of aromatic nitrogens is 2. The van der Waals surface area contributed by atoms with Gasteiger partial charge in [-0.1, -0.05) is 42.6 Å². The number of carbonyl (C=O) groups is 2. The first-order chi connectivity index (χ1) is 25.5. The van der Waals surface area contributed by atoms with Gasteiger partial charge in [0.25, 0.3) is 11.8 Å². The van der Waals surface area contributed by atoms with Gasteiger partial charge in [-0.05, 0) is 82.0 Å². The fourth-order valence-electron chi connectivity index (χ4n) is 6.63. The van der Waals surface area contributed by atoms with Crippen LogP contribution < -0.4 is 25.4 Å². The van der Waals surface area contributed by atoms with Crippen molar-refractivity contribution in [2.24, 2.45) is 0 Å². The van der Waals surface area contributed by atoms with Gasteiger partial charge in [0.15, 0.2) is 11.6 Å². The maximum absolute atomic E-state index is 15.2.